The van der Waals surface area contributed by atoms with Gasteiger partial charge in [-0.15, -0.1) is 0 Å². The van der Waals surface area contributed by atoms with E-state index in [2.05, 4.69) is 11.5 Å². The number of aryl methyl sites for hydroxylation is 1. The van der Waals surface area contributed by atoms with Crippen molar-refractivity contribution >= 4 is 5.69 Å². The number of hydrogen-bond donors (Lipinski definition) is 2. The first-order valence-electron chi connectivity index (χ1n) is 5.07. The Morgan fingerprint density at radius 2 is 2.20 bits per heavy atom. The summed E-state index contributed by atoms with van der Waals surface area (Å²) in [4.78, 5) is 2.03. The Morgan fingerprint density at radius 1 is 1.47 bits per heavy atom. The van der Waals surface area contributed by atoms with Gasteiger partial charge in [-0.2, -0.15) is 0 Å². The molecule has 0 aliphatic heterocycles. The second kappa shape index (κ2) is 5.58. The molecule has 0 unspecified atom stereocenters. The molecule has 4 nitrogen and oxygen atoms in total. The van der Waals surface area contributed by atoms with E-state index in [1.807, 2.05) is 37.9 Å². The molecule has 15 heavy (non-hydrogen) atoms. The quantitative estimate of drug-likeness (QED) is 0.435. The predicted molar refractivity (Wildman–Crippen MR) is 62.9 cm³/mol. The third-order valence-corrected chi connectivity index (χ3v) is 2.23. The summed E-state index contributed by atoms with van der Waals surface area (Å²) in [7, 11) is 1.98. The summed E-state index contributed by atoms with van der Waals surface area (Å²) in [5, 5.41) is 0. The molecule has 0 bridgehead atoms. The zero-order valence-corrected chi connectivity index (χ0v) is 9.58. The predicted octanol–water partition coefficient (Wildman–Crippen LogP) is 1.25. The summed E-state index contributed by atoms with van der Waals surface area (Å²) < 4.78 is 5.47. The lowest BCUT2D eigenvalue weighted by Crippen LogP contribution is -2.35. The van der Waals surface area contributed by atoms with Gasteiger partial charge < -0.3 is 9.64 Å². The molecule has 0 amide bonds. The molecule has 0 spiro atoms. The summed E-state index contributed by atoms with van der Waals surface area (Å²) in [6, 6.07) is 6.10. The van der Waals surface area contributed by atoms with E-state index in [9.17, 15) is 0 Å². The monoisotopic (exact) mass is 209 g/mol. The van der Waals surface area contributed by atoms with Gasteiger partial charge in [0, 0.05) is 12.7 Å². The highest BCUT2D eigenvalue weighted by Gasteiger charge is 2.03. The van der Waals surface area contributed by atoms with E-state index >= 15 is 0 Å². The number of hydrazine groups is 1. The number of nitrogens with one attached hydrogen (secondary N) is 1. The zero-order chi connectivity index (χ0) is 11.3. The number of hydrogen-bond acceptors (Lipinski definition) is 4. The van der Waals surface area contributed by atoms with E-state index in [0.717, 1.165) is 17.0 Å². The normalized spacial score (nSPS) is 10.1. The number of benzene rings is 1. The van der Waals surface area contributed by atoms with E-state index in [-0.39, 0.29) is 0 Å². The maximum atomic E-state index is 5.47. The summed E-state index contributed by atoms with van der Waals surface area (Å²) in [5.41, 5.74) is 4.88. The Labute approximate surface area is 91.0 Å². The number of ether oxygens (including phenoxy) is 1. The average Bonchev–Trinajstić information content (AvgIpc) is 2.21. The first-order chi connectivity index (χ1) is 7.19. The minimum absolute atomic E-state index is 0.618. The number of rotatable bonds is 5. The molecular weight excluding hydrogens is 190 g/mol. The van der Waals surface area contributed by atoms with Crippen LogP contribution in [0.5, 0.6) is 5.75 Å². The van der Waals surface area contributed by atoms with Gasteiger partial charge in [0.2, 0.25) is 0 Å². The highest BCUT2D eigenvalue weighted by atomic mass is 16.5. The lowest BCUT2D eigenvalue weighted by Gasteiger charge is -2.19. The third kappa shape index (κ3) is 3.11. The van der Waals surface area contributed by atoms with Crippen LogP contribution in [0, 0.1) is 6.92 Å². The molecule has 0 aliphatic rings. The average molecular weight is 209 g/mol. The third-order valence-electron chi connectivity index (χ3n) is 2.23. The molecule has 1 aromatic carbocycles. The van der Waals surface area contributed by atoms with Crippen LogP contribution in [0.2, 0.25) is 0 Å². The van der Waals surface area contributed by atoms with Gasteiger partial charge in [-0.05, 0) is 37.6 Å². The van der Waals surface area contributed by atoms with Gasteiger partial charge in [-0.3, -0.25) is 5.84 Å². The minimum Gasteiger partial charge on any atom is -0.494 e. The zero-order valence-electron chi connectivity index (χ0n) is 9.58. The van der Waals surface area contributed by atoms with Gasteiger partial charge in [0.25, 0.3) is 0 Å². The second-order valence-corrected chi connectivity index (χ2v) is 3.44. The van der Waals surface area contributed by atoms with Crippen molar-refractivity contribution in [2.75, 3.05) is 25.2 Å². The molecule has 84 valence electrons. The summed E-state index contributed by atoms with van der Waals surface area (Å²) in [6.07, 6.45) is 0. The van der Waals surface area contributed by atoms with Crippen molar-refractivity contribution in [3.05, 3.63) is 23.8 Å². The van der Waals surface area contributed by atoms with Crippen LogP contribution in [-0.4, -0.2) is 20.3 Å². The number of nitrogens with two attached hydrogens (primary N) is 1. The van der Waals surface area contributed by atoms with Gasteiger partial charge in [-0.1, -0.05) is 0 Å². The molecule has 0 heterocycles. The lowest BCUT2D eigenvalue weighted by molar-refractivity contribution is 0.338. The topological polar surface area (TPSA) is 50.5 Å². The van der Waals surface area contributed by atoms with Crippen molar-refractivity contribution < 1.29 is 4.74 Å². The smallest absolute Gasteiger partial charge is 0.122 e. The molecular formula is C11H19N3O. The largest absolute Gasteiger partial charge is 0.494 e. The lowest BCUT2D eigenvalue weighted by atomic mass is 10.2. The van der Waals surface area contributed by atoms with Crippen molar-refractivity contribution in [2.24, 2.45) is 5.84 Å². The molecule has 1 aromatic rings. The van der Waals surface area contributed by atoms with E-state index in [1.54, 1.807) is 0 Å². The molecule has 0 radical (unpaired) electrons. The van der Waals surface area contributed by atoms with Crippen molar-refractivity contribution in [1.82, 2.24) is 5.43 Å². The van der Waals surface area contributed by atoms with E-state index in [1.165, 1.54) is 0 Å². The van der Waals surface area contributed by atoms with Crippen LogP contribution in [0.3, 0.4) is 0 Å². The first kappa shape index (κ1) is 11.8. The molecule has 0 atom stereocenters. The van der Waals surface area contributed by atoms with Crippen LogP contribution in [0.4, 0.5) is 5.69 Å². The van der Waals surface area contributed by atoms with E-state index in [0.29, 0.717) is 13.3 Å². The molecule has 0 aromatic heterocycles. The fourth-order valence-corrected chi connectivity index (χ4v) is 1.42. The number of nitrogens with zero attached hydrogens (tertiary/aromatic N) is 1. The van der Waals surface area contributed by atoms with Gasteiger partial charge in [-0.25, -0.2) is 5.43 Å². The van der Waals surface area contributed by atoms with Crippen LogP contribution in [0.1, 0.15) is 12.5 Å². The Hall–Kier alpha value is -1.26. The number of anilines is 1. The van der Waals surface area contributed by atoms with E-state index < -0.39 is 0 Å². The standard InChI is InChI=1S/C11H19N3O/c1-4-15-11-6-5-10(7-9(11)2)14(3)8-13-12/h5-7,13H,4,8,12H2,1-3H3. The van der Waals surface area contributed by atoms with Crippen molar-refractivity contribution in [2.45, 2.75) is 13.8 Å². The Bertz CT molecular complexity index is 315. The minimum atomic E-state index is 0.618. The summed E-state index contributed by atoms with van der Waals surface area (Å²) in [6.45, 7) is 5.34. The van der Waals surface area contributed by atoms with Crippen LogP contribution in [-0.2, 0) is 0 Å². The van der Waals surface area contributed by atoms with Crippen LogP contribution in [0.25, 0.3) is 0 Å². The summed E-state index contributed by atoms with van der Waals surface area (Å²) in [5.74, 6) is 6.21. The maximum Gasteiger partial charge on any atom is 0.122 e. The molecule has 3 N–H and O–H groups in total. The van der Waals surface area contributed by atoms with Crippen molar-refractivity contribution in [3.63, 3.8) is 0 Å². The van der Waals surface area contributed by atoms with Crippen LogP contribution in [0.15, 0.2) is 18.2 Å². The fourth-order valence-electron chi connectivity index (χ4n) is 1.42. The molecule has 4 heteroatoms. The Morgan fingerprint density at radius 3 is 2.73 bits per heavy atom. The molecule has 1 rings (SSSR count). The second-order valence-electron chi connectivity index (χ2n) is 3.44. The first-order valence-corrected chi connectivity index (χ1v) is 5.07. The van der Waals surface area contributed by atoms with E-state index in [4.69, 9.17) is 10.6 Å². The highest BCUT2D eigenvalue weighted by molar-refractivity contribution is 5.52. The van der Waals surface area contributed by atoms with Crippen molar-refractivity contribution in [1.29, 1.82) is 0 Å². The fraction of sp³-hybridized carbons (Fsp3) is 0.455. The molecule has 0 aliphatic carbocycles. The van der Waals surface area contributed by atoms with Crippen LogP contribution < -0.4 is 20.9 Å². The Kier molecular flexibility index (Phi) is 4.39. The van der Waals surface area contributed by atoms with Gasteiger partial charge in [0.05, 0.1) is 13.3 Å². The molecule has 0 saturated carbocycles. The Balaban J connectivity index is 2.81. The highest BCUT2D eigenvalue weighted by Crippen LogP contribution is 2.23. The van der Waals surface area contributed by atoms with Gasteiger partial charge >= 0.3 is 0 Å². The summed E-state index contributed by atoms with van der Waals surface area (Å²) >= 11 is 0. The van der Waals surface area contributed by atoms with Gasteiger partial charge in [0.1, 0.15) is 5.75 Å². The van der Waals surface area contributed by atoms with Crippen molar-refractivity contribution in [3.8, 4) is 5.75 Å². The SMILES string of the molecule is CCOc1ccc(N(C)CNN)cc1C. The van der Waals surface area contributed by atoms with Gasteiger partial charge in [0.15, 0.2) is 0 Å². The molecule has 0 fully saturated rings. The van der Waals surface area contributed by atoms with Crippen LogP contribution >= 0.6 is 0 Å². The maximum absolute atomic E-state index is 5.47. The molecule has 0 saturated heterocycles.